The molecule has 2 heterocycles. The molecule has 26 heavy (non-hydrogen) atoms. The molecule has 5 nitrogen and oxygen atoms in total. The first-order valence-electron chi connectivity index (χ1n) is 9.55. The Balaban J connectivity index is 1.37. The molecule has 136 valence electrons. The summed E-state index contributed by atoms with van der Waals surface area (Å²) in [6.45, 7) is 2.64. The average Bonchev–Trinajstić information content (AvgIpc) is 3.16. The first kappa shape index (κ1) is 15.9. The molecule has 1 atom stereocenters. The fourth-order valence-corrected chi connectivity index (χ4v) is 4.89. The molecule has 2 saturated carbocycles. The van der Waals surface area contributed by atoms with Gasteiger partial charge in [0.25, 0.3) is 0 Å². The van der Waals surface area contributed by atoms with Crippen LogP contribution in [0.15, 0.2) is 24.4 Å². The van der Waals surface area contributed by atoms with Crippen LogP contribution >= 0.6 is 0 Å². The molecule has 2 fully saturated rings. The van der Waals surface area contributed by atoms with E-state index in [1.54, 1.807) is 0 Å². The maximum atomic E-state index is 12.1. The highest BCUT2D eigenvalue weighted by Gasteiger charge is 2.59. The van der Waals surface area contributed by atoms with Gasteiger partial charge in [-0.05, 0) is 68.1 Å². The number of ether oxygens (including phenoxy) is 3. The summed E-state index contributed by atoms with van der Waals surface area (Å²) in [5.74, 6) is 2.23. The molecular weight excluding hydrogens is 330 g/mol. The monoisotopic (exact) mass is 353 g/mol. The van der Waals surface area contributed by atoms with Crippen LogP contribution in [0.4, 0.5) is 0 Å². The van der Waals surface area contributed by atoms with E-state index in [-0.39, 0.29) is 24.1 Å². The van der Waals surface area contributed by atoms with Crippen LogP contribution in [0, 0.1) is 11.3 Å². The lowest BCUT2D eigenvalue weighted by Crippen LogP contribution is -2.20. The van der Waals surface area contributed by atoms with Crippen molar-refractivity contribution in [3.8, 4) is 11.5 Å². The van der Waals surface area contributed by atoms with Gasteiger partial charge in [-0.2, -0.15) is 0 Å². The van der Waals surface area contributed by atoms with Crippen molar-refractivity contribution in [2.24, 2.45) is 11.3 Å². The summed E-state index contributed by atoms with van der Waals surface area (Å²) in [4.78, 5) is 16.6. The normalized spacial score (nSPS) is 29.1. The minimum absolute atomic E-state index is 0.00743. The second-order valence-electron chi connectivity index (χ2n) is 7.77. The van der Waals surface area contributed by atoms with Gasteiger partial charge in [0, 0.05) is 17.6 Å². The predicted octanol–water partition coefficient (Wildman–Crippen LogP) is 4.19. The number of aromatic nitrogens is 1. The third-order valence-electron chi connectivity index (χ3n) is 6.45. The van der Waals surface area contributed by atoms with Gasteiger partial charge >= 0.3 is 5.97 Å². The van der Waals surface area contributed by atoms with Gasteiger partial charge < -0.3 is 14.2 Å². The summed E-state index contributed by atoms with van der Waals surface area (Å²) < 4.78 is 16.3. The van der Waals surface area contributed by atoms with Crippen LogP contribution in [0.5, 0.6) is 11.5 Å². The van der Waals surface area contributed by atoms with Crippen molar-refractivity contribution in [3.05, 3.63) is 30.0 Å². The smallest absolute Gasteiger partial charge is 0.309 e. The summed E-state index contributed by atoms with van der Waals surface area (Å²) in [5, 5.41) is 1.16. The van der Waals surface area contributed by atoms with E-state index in [4.69, 9.17) is 14.2 Å². The van der Waals surface area contributed by atoms with E-state index in [2.05, 4.69) is 17.1 Å². The lowest BCUT2D eigenvalue weighted by molar-refractivity contribution is -0.145. The maximum absolute atomic E-state index is 12.1. The molecule has 1 aromatic carbocycles. The summed E-state index contributed by atoms with van der Waals surface area (Å²) in [5.41, 5.74) is 2.52. The summed E-state index contributed by atoms with van der Waals surface area (Å²) in [7, 11) is 0. The molecule has 5 heteroatoms. The molecule has 0 saturated heterocycles. The maximum Gasteiger partial charge on any atom is 0.309 e. The quantitative estimate of drug-likeness (QED) is 0.775. The largest absolute Gasteiger partial charge is 0.466 e. The zero-order valence-electron chi connectivity index (χ0n) is 15.0. The second kappa shape index (κ2) is 5.86. The lowest BCUT2D eigenvalue weighted by atomic mass is 9.75. The summed E-state index contributed by atoms with van der Waals surface area (Å²) in [6.07, 6.45) is 7.34. The van der Waals surface area contributed by atoms with Crippen molar-refractivity contribution in [1.82, 2.24) is 4.98 Å². The van der Waals surface area contributed by atoms with Crippen molar-refractivity contribution in [2.75, 3.05) is 13.4 Å². The SMILES string of the molecule is CCOC(=O)C1CC12CCC(c1ccnc3cc4c(cc13)OCO4)CC2. The number of esters is 1. The van der Waals surface area contributed by atoms with E-state index in [0.29, 0.717) is 12.5 Å². The molecule has 5 rings (SSSR count). The molecule has 0 N–H and O–H groups in total. The van der Waals surface area contributed by atoms with E-state index >= 15 is 0 Å². The fourth-order valence-electron chi connectivity index (χ4n) is 4.89. The molecule has 1 unspecified atom stereocenters. The van der Waals surface area contributed by atoms with Gasteiger partial charge in [0.15, 0.2) is 11.5 Å². The van der Waals surface area contributed by atoms with Gasteiger partial charge in [-0.25, -0.2) is 0 Å². The zero-order valence-corrected chi connectivity index (χ0v) is 15.0. The predicted molar refractivity (Wildman–Crippen MR) is 96.2 cm³/mol. The highest BCUT2D eigenvalue weighted by atomic mass is 16.7. The average molecular weight is 353 g/mol. The summed E-state index contributed by atoms with van der Waals surface area (Å²) >= 11 is 0. The van der Waals surface area contributed by atoms with Crippen LogP contribution in [0.2, 0.25) is 0 Å². The van der Waals surface area contributed by atoms with E-state index in [9.17, 15) is 4.79 Å². The van der Waals surface area contributed by atoms with Crippen LogP contribution in [-0.4, -0.2) is 24.4 Å². The Kier molecular flexibility index (Phi) is 3.59. The van der Waals surface area contributed by atoms with E-state index < -0.39 is 0 Å². The number of carbonyl (C=O) groups excluding carboxylic acids is 1. The molecule has 0 radical (unpaired) electrons. The topological polar surface area (TPSA) is 57.7 Å². The molecule has 0 bridgehead atoms. The Morgan fingerprint density at radius 2 is 2.04 bits per heavy atom. The molecule has 0 amide bonds. The van der Waals surface area contributed by atoms with Gasteiger partial charge in [0.05, 0.1) is 18.0 Å². The standard InChI is InChI=1S/C21H23NO4/c1-2-24-20(23)16-11-21(16)6-3-13(4-7-21)14-5-8-22-17-10-19-18(9-15(14)17)25-12-26-19/h5,8-10,13,16H,2-4,6-7,11-12H2,1H3. The number of nitrogens with zero attached hydrogens (tertiary/aromatic N) is 1. The Morgan fingerprint density at radius 3 is 2.81 bits per heavy atom. The van der Waals surface area contributed by atoms with Crippen LogP contribution in [0.1, 0.15) is 50.5 Å². The number of fused-ring (bicyclic) bond motifs is 2. The van der Waals surface area contributed by atoms with Crippen LogP contribution in [0.25, 0.3) is 10.9 Å². The third-order valence-corrected chi connectivity index (χ3v) is 6.45. The van der Waals surface area contributed by atoms with Crippen LogP contribution in [-0.2, 0) is 9.53 Å². The molecule has 3 aliphatic rings. The van der Waals surface area contributed by atoms with E-state index in [0.717, 1.165) is 54.5 Å². The highest BCUT2D eigenvalue weighted by molar-refractivity contribution is 5.86. The molecule has 1 spiro atoms. The number of carbonyl (C=O) groups is 1. The number of hydrogen-bond acceptors (Lipinski definition) is 5. The molecular formula is C21H23NO4. The Morgan fingerprint density at radius 1 is 1.27 bits per heavy atom. The molecule has 1 aromatic heterocycles. The molecule has 1 aliphatic heterocycles. The number of hydrogen-bond donors (Lipinski definition) is 0. The van der Waals surface area contributed by atoms with Gasteiger partial charge in [-0.15, -0.1) is 0 Å². The second-order valence-corrected chi connectivity index (χ2v) is 7.77. The van der Waals surface area contributed by atoms with Crippen molar-refractivity contribution in [3.63, 3.8) is 0 Å². The Labute approximate surface area is 152 Å². The van der Waals surface area contributed by atoms with Gasteiger partial charge in [-0.1, -0.05) is 0 Å². The highest BCUT2D eigenvalue weighted by Crippen LogP contribution is 2.63. The van der Waals surface area contributed by atoms with Crippen LogP contribution in [0.3, 0.4) is 0 Å². The van der Waals surface area contributed by atoms with Crippen molar-refractivity contribution < 1.29 is 19.0 Å². The summed E-state index contributed by atoms with van der Waals surface area (Å²) in [6, 6.07) is 6.19. The Hall–Kier alpha value is -2.30. The molecule has 2 aromatic rings. The van der Waals surface area contributed by atoms with Crippen molar-refractivity contribution in [2.45, 2.75) is 44.9 Å². The van der Waals surface area contributed by atoms with Gasteiger partial charge in [0.2, 0.25) is 6.79 Å². The first-order chi connectivity index (χ1) is 12.7. The number of rotatable bonds is 3. The minimum Gasteiger partial charge on any atom is -0.466 e. The van der Waals surface area contributed by atoms with Crippen molar-refractivity contribution >= 4 is 16.9 Å². The number of benzene rings is 1. The minimum atomic E-state index is 0.00743. The van der Waals surface area contributed by atoms with Gasteiger partial charge in [0.1, 0.15) is 0 Å². The molecule has 2 aliphatic carbocycles. The zero-order chi connectivity index (χ0) is 17.7. The Bertz CT molecular complexity index is 870. The van der Waals surface area contributed by atoms with Crippen LogP contribution < -0.4 is 9.47 Å². The van der Waals surface area contributed by atoms with Crippen molar-refractivity contribution in [1.29, 1.82) is 0 Å². The van der Waals surface area contributed by atoms with Gasteiger partial charge in [-0.3, -0.25) is 9.78 Å². The third kappa shape index (κ3) is 2.44. The fraction of sp³-hybridized carbons (Fsp3) is 0.524. The van der Waals surface area contributed by atoms with E-state index in [1.807, 2.05) is 19.2 Å². The first-order valence-corrected chi connectivity index (χ1v) is 9.55. The van der Waals surface area contributed by atoms with E-state index in [1.165, 1.54) is 5.56 Å². The lowest BCUT2D eigenvalue weighted by Gasteiger charge is -2.30. The number of pyridine rings is 1.